The maximum absolute atomic E-state index is 10.8. The lowest BCUT2D eigenvalue weighted by Gasteiger charge is -2.40. The van der Waals surface area contributed by atoms with Gasteiger partial charge in [-0.1, -0.05) is 0 Å². The van der Waals surface area contributed by atoms with Gasteiger partial charge in [0.05, 0.1) is 4.94 Å². The average molecular weight is 199 g/mol. The Balaban J connectivity index is 2.34. The van der Waals surface area contributed by atoms with E-state index in [4.69, 9.17) is 0 Å². The van der Waals surface area contributed by atoms with Gasteiger partial charge in [-0.05, 0) is 6.92 Å². The molecule has 0 spiro atoms. The molecular formula is C2H9N5O6. The first-order valence-electron chi connectivity index (χ1n) is 3.36. The molecule has 1 rings (SSSR count). The molecule has 1 heterocycles. The van der Waals surface area contributed by atoms with Gasteiger partial charge in [0.2, 0.25) is 0 Å². The molecule has 4 unspecified atom stereocenters. The topological polar surface area (TPSA) is 132 Å². The summed E-state index contributed by atoms with van der Waals surface area (Å²) in [6.07, 6.45) is 0. The van der Waals surface area contributed by atoms with Gasteiger partial charge in [0.15, 0.2) is 0 Å². The highest BCUT2D eigenvalue weighted by atomic mass is 17.3. The second kappa shape index (κ2) is 4.18. The molecule has 0 amide bonds. The van der Waals surface area contributed by atoms with Crippen LogP contribution in [0.15, 0.2) is 0 Å². The number of nitrogens with zero attached hydrogens (tertiary/aromatic N) is 1. The van der Waals surface area contributed by atoms with Crippen molar-refractivity contribution < 1.29 is 31.1 Å². The van der Waals surface area contributed by atoms with Crippen molar-refractivity contribution in [3.8, 4) is 0 Å². The van der Waals surface area contributed by atoms with Crippen LogP contribution in [0.4, 0.5) is 0 Å². The third kappa shape index (κ3) is 2.27. The van der Waals surface area contributed by atoms with Crippen molar-refractivity contribution in [2.24, 2.45) is 0 Å². The minimum absolute atomic E-state index is 0.0250. The SMILES string of the molecule is CC[NH+]([O-])O[NH+]([O-])N1[NH+]([O-])O[NH+]1[O-]. The largest absolute Gasteiger partial charge is 0.595 e. The van der Waals surface area contributed by atoms with E-state index in [2.05, 4.69) is 9.88 Å². The van der Waals surface area contributed by atoms with Gasteiger partial charge in [-0.2, -0.15) is 5.23 Å². The van der Waals surface area contributed by atoms with Gasteiger partial charge in [-0.25, -0.2) is 0 Å². The molecule has 0 aromatic carbocycles. The molecule has 78 valence electrons. The lowest BCUT2D eigenvalue weighted by molar-refractivity contribution is -1.70. The first-order valence-corrected chi connectivity index (χ1v) is 3.36. The van der Waals surface area contributed by atoms with Gasteiger partial charge in [-0.3, -0.25) is 0 Å². The summed E-state index contributed by atoms with van der Waals surface area (Å²) in [5.41, 5.74) is 0. The highest BCUT2D eigenvalue weighted by Crippen LogP contribution is 1.53. The number of hydroxylamine groups is 2. The fourth-order valence-electron chi connectivity index (χ4n) is 0.566. The average Bonchev–Trinajstić information content (AvgIpc) is 2.03. The van der Waals surface area contributed by atoms with Crippen molar-refractivity contribution in [3.63, 3.8) is 0 Å². The zero-order chi connectivity index (χ0) is 10.0. The molecule has 0 aromatic rings. The predicted molar refractivity (Wildman–Crippen MR) is 31.9 cm³/mol. The summed E-state index contributed by atoms with van der Waals surface area (Å²) in [5, 5.41) is 37.8. The Morgan fingerprint density at radius 2 is 1.92 bits per heavy atom. The fourth-order valence-corrected chi connectivity index (χ4v) is 0.566. The Kier molecular flexibility index (Phi) is 3.42. The highest BCUT2D eigenvalue weighted by molar-refractivity contribution is 3.98. The van der Waals surface area contributed by atoms with Crippen molar-refractivity contribution in [2.75, 3.05) is 6.54 Å². The molecule has 4 N–H and O–H groups in total. The predicted octanol–water partition coefficient (Wildman–Crippen LogP) is -6.71. The molecule has 11 heteroatoms. The maximum atomic E-state index is 10.8. The van der Waals surface area contributed by atoms with Crippen LogP contribution in [0.25, 0.3) is 0 Å². The zero-order valence-corrected chi connectivity index (χ0v) is 6.60. The molecule has 11 nitrogen and oxygen atoms in total. The monoisotopic (exact) mass is 199 g/mol. The number of rotatable bonds is 4. The van der Waals surface area contributed by atoms with Crippen LogP contribution in [0.5, 0.6) is 0 Å². The third-order valence-electron chi connectivity index (χ3n) is 1.21. The molecular weight excluding hydrogens is 190 g/mol. The standard InChI is InChI=1S/C2H9N5O6/c1-2-3(8)12-5(9)4-6(10)13-7(4)11/h3,5-7H,2H2,1H3. The Hall–Kier alpha value is -0.440. The van der Waals surface area contributed by atoms with Crippen LogP contribution in [0, 0.1) is 20.8 Å². The lowest BCUT2D eigenvalue weighted by Crippen LogP contribution is -3.63. The van der Waals surface area contributed by atoms with E-state index in [1.807, 2.05) is 0 Å². The molecule has 1 aliphatic heterocycles. The minimum Gasteiger partial charge on any atom is -0.595 e. The van der Waals surface area contributed by atoms with Gasteiger partial charge in [0, 0.05) is 20.9 Å². The van der Waals surface area contributed by atoms with Crippen molar-refractivity contribution >= 4 is 0 Å². The lowest BCUT2D eigenvalue weighted by atomic mass is 10.8. The van der Waals surface area contributed by atoms with Crippen molar-refractivity contribution in [3.05, 3.63) is 20.8 Å². The molecule has 1 aliphatic rings. The first-order chi connectivity index (χ1) is 6.06. The number of hydrogen-bond donors (Lipinski definition) is 4. The van der Waals surface area contributed by atoms with E-state index in [-0.39, 0.29) is 11.8 Å². The zero-order valence-electron chi connectivity index (χ0n) is 6.60. The summed E-state index contributed by atoms with van der Waals surface area (Å²) in [6.45, 7) is 1.44. The van der Waals surface area contributed by atoms with E-state index in [1.165, 1.54) is 6.92 Å². The third-order valence-corrected chi connectivity index (χ3v) is 1.21. The van der Waals surface area contributed by atoms with Crippen LogP contribution in [-0.4, -0.2) is 11.8 Å². The Labute approximate surface area is 71.8 Å². The molecule has 0 bridgehead atoms. The molecule has 4 atom stereocenters. The van der Waals surface area contributed by atoms with Gasteiger partial charge >= 0.3 is 0 Å². The number of hydrogen-bond acceptors (Lipinski definition) is 7. The second-order valence-corrected chi connectivity index (χ2v) is 2.06. The molecule has 0 saturated carbocycles. The van der Waals surface area contributed by atoms with E-state index in [0.29, 0.717) is 0 Å². The molecule has 1 saturated heterocycles. The summed E-state index contributed by atoms with van der Waals surface area (Å²) in [4.78, 5) is 7.89. The summed E-state index contributed by atoms with van der Waals surface area (Å²) < 4.78 is 0. The fraction of sp³-hybridized carbons (Fsp3) is 1.00. The van der Waals surface area contributed by atoms with Crippen molar-refractivity contribution in [2.45, 2.75) is 6.92 Å². The van der Waals surface area contributed by atoms with E-state index >= 15 is 0 Å². The van der Waals surface area contributed by atoms with Gasteiger partial charge in [0.25, 0.3) is 5.23 Å². The first kappa shape index (κ1) is 10.6. The van der Waals surface area contributed by atoms with Gasteiger partial charge < -0.3 is 20.8 Å². The maximum Gasteiger partial charge on any atom is 0.281 e. The Bertz CT molecular complexity index is 161. The van der Waals surface area contributed by atoms with Crippen LogP contribution in [0.1, 0.15) is 6.92 Å². The number of nitrogens with one attached hydrogen (secondary N) is 4. The summed E-state index contributed by atoms with van der Waals surface area (Å²) >= 11 is 0. The molecule has 13 heavy (non-hydrogen) atoms. The highest BCUT2D eigenvalue weighted by Gasteiger charge is 2.47. The van der Waals surface area contributed by atoms with Crippen LogP contribution in [0.3, 0.4) is 0 Å². The van der Waals surface area contributed by atoms with Crippen LogP contribution < -0.4 is 21.2 Å². The van der Waals surface area contributed by atoms with E-state index < -0.39 is 21.2 Å². The van der Waals surface area contributed by atoms with E-state index in [0.717, 1.165) is 0 Å². The second-order valence-electron chi connectivity index (χ2n) is 2.06. The Morgan fingerprint density at radius 3 is 2.31 bits per heavy atom. The molecule has 0 aliphatic carbocycles. The summed E-state index contributed by atoms with van der Waals surface area (Å²) in [6, 6.07) is 0. The molecule has 1 fully saturated rings. The molecule has 0 radical (unpaired) electrons. The summed E-state index contributed by atoms with van der Waals surface area (Å²) in [5.74, 6) is 0. The van der Waals surface area contributed by atoms with Gasteiger partial charge in [-0.15, -0.1) is 0 Å². The van der Waals surface area contributed by atoms with E-state index in [9.17, 15) is 20.8 Å². The van der Waals surface area contributed by atoms with Crippen LogP contribution >= 0.6 is 0 Å². The molecule has 0 aromatic heterocycles. The van der Waals surface area contributed by atoms with Crippen LogP contribution in [0.2, 0.25) is 0 Å². The smallest absolute Gasteiger partial charge is 0.281 e. The number of quaternary nitrogens is 4. The Morgan fingerprint density at radius 1 is 1.38 bits per heavy atom. The van der Waals surface area contributed by atoms with Gasteiger partial charge in [0.1, 0.15) is 6.54 Å². The quantitative estimate of drug-likeness (QED) is 0.261. The van der Waals surface area contributed by atoms with Crippen molar-refractivity contribution in [1.29, 1.82) is 0 Å². The minimum atomic E-state index is -1.33. The van der Waals surface area contributed by atoms with Crippen molar-refractivity contribution in [1.82, 2.24) is 5.23 Å². The van der Waals surface area contributed by atoms with E-state index in [1.54, 1.807) is 0 Å². The normalized spacial score (nSPS) is 33.9. The summed E-state index contributed by atoms with van der Waals surface area (Å²) in [7, 11) is 0. The van der Waals surface area contributed by atoms with Crippen LogP contribution in [-0.2, 0) is 9.88 Å².